The van der Waals surface area contributed by atoms with Crippen LogP contribution in [-0.2, 0) is 9.59 Å². The van der Waals surface area contributed by atoms with E-state index in [1.807, 2.05) is 48.5 Å². The molecule has 1 atom stereocenters. The number of nitrogens with one attached hydrogen (secondary N) is 1. The summed E-state index contributed by atoms with van der Waals surface area (Å²) in [6, 6.07) is 17.9. The molecule has 1 unspecified atom stereocenters. The molecule has 1 aliphatic rings. The van der Waals surface area contributed by atoms with Crippen molar-refractivity contribution in [2.45, 2.75) is 12.5 Å². The zero-order chi connectivity index (χ0) is 20.2. The van der Waals surface area contributed by atoms with Crippen molar-refractivity contribution in [3.05, 3.63) is 73.1 Å². The summed E-state index contributed by atoms with van der Waals surface area (Å²) in [6.07, 6.45) is 3.19. The van der Waals surface area contributed by atoms with Crippen molar-refractivity contribution >= 4 is 28.9 Å². The summed E-state index contributed by atoms with van der Waals surface area (Å²) in [5, 5.41) is 8.52. The Morgan fingerprint density at radius 2 is 1.59 bits per heavy atom. The van der Waals surface area contributed by atoms with Gasteiger partial charge in [0.25, 0.3) is 5.91 Å². The van der Waals surface area contributed by atoms with Gasteiger partial charge in [-0.2, -0.15) is 5.10 Å². The third-order valence-electron chi connectivity index (χ3n) is 4.46. The Kier molecular flexibility index (Phi) is 4.98. The van der Waals surface area contributed by atoms with Crippen LogP contribution in [0, 0.1) is 0 Å². The summed E-state index contributed by atoms with van der Waals surface area (Å²) >= 11 is 0. The number of carbonyl (C=O) groups is 2. The summed E-state index contributed by atoms with van der Waals surface area (Å²) in [5.74, 6) is -0.410. The number of amides is 2. The second-order valence-electron chi connectivity index (χ2n) is 6.46. The quantitative estimate of drug-likeness (QED) is 0.698. The molecule has 0 saturated carbocycles. The highest BCUT2D eigenvalue weighted by Gasteiger charge is 2.34. The maximum atomic E-state index is 12.6. The van der Waals surface area contributed by atoms with Crippen LogP contribution in [-0.4, -0.2) is 33.5 Å². The highest BCUT2D eigenvalue weighted by Crippen LogP contribution is 2.24. The van der Waals surface area contributed by atoms with Gasteiger partial charge >= 0.3 is 0 Å². The first-order valence-corrected chi connectivity index (χ1v) is 9.02. The normalized spacial score (nSPS) is 15.7. The van der Waals surface area contributed by atoms with Crippen LogP contribution in [0.2, 0.25) is 0 Å². The number of hydrazone groups is 1. The molecular formula is C21H18N6O2. The SMILES string of the molecule is NC(=O)C1CC(C(=O)Nc2cnc(-c3ccccc3)nc2)=NN1c1ccccc1. The van der Waals surface area contributed by atoms with Crippen molar-refractivity contribution in [2.75, 3.05) is 10.3 Å². The number of hydrogen-bond acceptors (Lipinski definition) is 6. The molecular weight excluding hydrogens is 368 g/mol. The lowest BCUT2D eigenvalue weighted by molar-refractivity contribution is -0.119. The smallest absolute Gasteiger partial charge is 0.272 e. The number of rotatable bonds is 5. The molecule has 0 fully saturated rings. The van der Waals surface area contributed by atoms with Gasteiger partial charge in [0, 0.05) is 12.0 Å². The van der Waals surface area contributed by atoms with Crippen LogP contribution < -0.4 is 16.1 Å². The summed E-state index contributed by atoms with van der Waals surface area (Å²) in [7, 11) is 0. The van der Waals surface area contributed by atoms with E-state index in [-0.39, 0.29) is 12.1 Å². The van der Waals surface area contributed by atoms with E-state index in [9.17, 15) is 9.59 Å². The van der Waals surface area contributed by atoms with Crippen LogP contribution in [0.4, 0.5) is 11.4 Å². The summed E-state index contributed by atoms with van der Waals surface area (Å²) < 4.78 is 0. The average molecular weight is 386 g/mol. The third-order valence-corrected chi connectivity index (χ3v) is 4.46. The molecule has 0 radical (unpaired) electrons. The fourth-order valence-electron chi connectivity index (χ4n) is 3.02. The number of hydrogen-bond donors (Lipinski definition) is 2. The number of benzene rings is 2. The fraction of sp³-hybridized carbons (Fsp3) is 0.0952. The van der Waals surface area contributed by atoms with Crippen LogP contribution in [0.25, 0.3) is 11.4 Å². The molecule has 8 nitrogen and oxygen atoms in total. The maximum Gasteiger partial charge on any atom is 0.272 e. The molecule has 8 heteroatoms. The van der Waals surface area contributed by atoms with Gasteiger partial charge < -0.3 is 11.1 Å². The predicted octanol–water partition coefficient (Wildman–Crippen LogP) is 2.20. The minimum absolute atomic E-state index is 0.124. The number of nitrogens with zero attached hydrogens (tertiary/aromatic N) is 4. The molecule has 144 valence electrons. The number of primary amides is 1. The molecule has 0 spiro atoms. The number of anilines is 2. The first-order valence-electron chi connectivity index (χ1n) is 9.02. The van der Waals surface area contributed by atoms with Crippen LogP contribution >= 0.6 is 0 Å². The van der Waals surface area contributed by atoms with Crippen LogP contribution in [0.5, 0.6) is 0 Å². The largest absolute Gasteiger partial charge is 0.368 e. The molecule has 3 N–H and O–H groups in total. The first kappa shape index (κ1) is 18.3. The Hall–Kier alpha value is -4.07. The van der Waals surface area contributed by atoms with Gasteiger partial charge in [0.05, 0.1) is 23.8 Å². The molecule has 2 amide bonds. The van der Waals surface area contributed by atoms with Crippen LogP contribution in [0.3, 0.4) is 0 Å². The molecule has 3 aromatic rings. The lowest BCUT2D eigenvalue weighted by Crippen LogP contribution is -2.39. The monoisotopic (exact) mass is 386 g/mol. The van der Waals surface area contributed by atoms with Crippen molar-refractivity contribution in [3.63, 3.8) is 0 Å². The molecule has 4 rings (SSSR count). The van der Waals surface area contributed by atoms with Gasteiger partial charge in [0.15, 0.2) is 5.82 Å². The first-order chi connectivity index (χ1) is 14.1. The van der Waals surface area contributed by atoms with Crippen molar-refractivity contribution in [1.29, 1.82) is 0 Å². The second kappa shape index (κ2) is 7.89. The average Bonchev–Trinajstić information content (AvgIpc) is 3.22. The minimum atomic E-state index is -0.713. The van der Waals surface area contributed by atoms with E-state index in [0.717, 1.165) is 5.56 Å². The number of aromatic nitrogens is 2. The molecule has 0 bridgehead atoms. The number of carbonyl (C=O) groups excluding carboxylic acids is 2. The van der Waals surface area contributed by atoms with Crippen molar-refractivity contribution in [3.8, 4) is 11.4 Å². The van der Waals surface area contributed by atoms with E-state index in [1.54, 1.807) is 12.1 Å². The van der Waals surface area contributed by atoms with Gasteiger partial charge in [-0.05, 0) is 12.1 Å². The van der Waals surface area contributed by atoms with Gasteiger partial charge in [-0.25, -0.2) is 9.97 Å². The van der Waals surface area contributed by atoms with Crippen molar-refractivity contribution < 1.29 is 9.59 Å². The lowest BCUT2D eigenvalue weighted by Gasteiger charge is -2.20. The molecule has 29 heavy (non-hydrogen) atoms. The topological polar surface area (TPSA) is 114 Å². The molecule has 1 aliphatic heterocycles. The summed E-state index contributed by atoms with van der Waals surface area (Å²) in [6.45, 7) is 0. The highest BCUT2D eigenvalue weighted by atomic mass is 16.2. The van der Waals surface area contributed by atoms with E-state index >= 15 is 0 Å². The minimum Gasteiger partial charge on any atom is -0.368 e. The van der Waals surface area contributed by atoms with E-state index in [4.69, 9.17) is 5.73 Å². The van der Waals surface area contributed by atoms with Gasteiger partial charge in [0.1, 0.15) is 11.8 Å². The Labute approximate surface area is 167 Å². The van der Waals surface area contributed by atoms with Gasteiger partial charge in [-0.15, -0.1) is 0 Å². The maximum absolute atomic E-state index is 12.6. The van der Waals surface area contributed by atoms with Gasteiger partial charge in [-0.1, -0.05) is 48.5 Å². The summed E-state index contributed by atoms with van der Waals surface area (Å²) in [4.78, 5) is 33.0. The lowest BCUT2D eigenvalue weighted by atomic mass is 10.1. The molecule has 2 heterocycles. The van der Waals surface area contributed by atoms with E-state index in [1.165, 1.54) is 17.4 Å². The standard InChI is InChI=1S/C21H18N6O2/c22-19(28)18-11-17(26-27(18)16-9-5-2-6-10-16)21(29)25-15-12-23-20(24-13-15)14-7-3-1-4-8-14/h1-10,12-13,18H,11H2,(H2,22,28)(H,25,29). The molecule has 1 aromatic heterocycles. The fourth-order valence-corrected chi connectivity index (χ4v) is 3.02. The highest BCUT2D eigenvalue weighted by molar-refractivity contribution is 6.44. The zero-order valence-electron chi connectivity index (χ0n) is 15.4. The van der Waals surface area contributed by atoms with Crippen molar-refractivity contribution in [2.24, 2.45) is 10.8 Å². The van der Waals surface area contributed by atoms with Gasteiger partial charge in [0.2, 0.25) is 5.91 Å². The Bertz CT molecular complexity index is 1050. The molecule has 0 saturated heterocycles. The van der Waals surface area contributed by atoms with Gasteiger partial charge in [-0.3, -0.25) is 14.6 Å². The number of para-hydroxylation sites is 1. The van der Waals surface area contributed by atoms with E-state index < -0.39 is 17.9 Å². The molecule has 2 aromatic carbocycles. The molecule has 0 aliphatic carbocycles. The van der Waals surface area contributed by atoms with Crippen LogP contribution in [0.15, 0.2) is 78.2 Å². The van der Waals surface area contributed by atoms with Crippen LogP contribution in [0.1, 0.15) is 6.42 Å². The van der Waals surface area contributed by atoms with E-state index in [2.05, 4.69) is 20.4 Å². The van der Waals surface area contributed by atoms with E-state index in [0.29, 0.717) is 17.2 Å². The van der Waals surface area contributed by atoms with Crippen molar-refractivity contribution in [1.82, 2.24) is 9.97 Å². The predicted molar refractivity (Wildman–Crippen MR) is 110 cm³/mol. The number of nitrogens with two attached hydrogens (primary N) is 1. The Balaban J connectivity index is 1.50. The summed E-state index contributed by atoms with van der Waals surface area (Å²) in [5.41, 5.74) is 7.73. The second-order valence-corrected chi connectivity index (χ2v) is 6.46. The Morgan fingerprint density at radius 1 is 0.966 bits per heavy atom. The zero-order valence-corrected chi connectivity index (χ0v) is 15.4. The third kappa shape index (κ3) is 3.96. The Morgan fingerprint density at radius 3 is 2.21 bits per heavy atom.